The van der Waals surface area contributed by atoms with E-state index in [1.54, 1.807) is 0 Å². The Hall–Kier alpha value is -0.930. The van der Waals surface area contributed by atoms with Crippen LogP contribution in [0.1, 0.15) is 43.7 Å². The van der Waals surface area contributed by atoms with Crippen molar-refractivity contribution < 1.29 is 0 Å². The lowest BCUT2D eigenvalue weighted by molar-refractivity contribution is 0.103. The van der Waals surface area contributed by atoms with Gasteiger partial charge in [-0.25, -0.2) is 0 Å². The third-order valence-corrected chi connectivity index (χ3v) is 4.67. The maximum absolute atomic E-state index is 4.35. The van der Waals surface area contributed by atoms with Crippen molar-refractivity contribution in [2.24, 2.45) is 5.92 Å². The zero-order valence-corrected chi connectivity index (χ0v) is 11.7. The van der Waals surface area contributed by atoms with E-state index in [0.717, 1.165) is 19.0 Å². The maximum atomic E-state index is 4.35. The van der Waals surface area contributed by atoms with Gasteiger partial charge in [0.25, 0.3) is 0 Å². The Bertz CT molecular complexity index is 349. The molecule has 2 aliphatic rings. The topological polar surface area (TPSA) is 28.2 Å². The first-order chi connectivity index (χ1) is 9.45. The van der Waals surface area contributed by atoms with Gasteiger partial charge in [-0.05, 0) is 30.4 Å². The molecule has 0 radical (unpaired) electrons. The quantitative estimate of drug-likeness (QED) is 0.904. The summed E-state index contributed by atoms with van der Waals surface area (Å²) in [5.41, 5.74) is 1.43. The van der Waals surface area contributed by atoms with Crippen LogP contribution in [0.25, 0.3) is 0 Å². The molecule has 1 atom stereocenters. The van der Waals surface area contributed by atoms with Gasteiger partial charge in [0, 0.05) is 44.6 Å². The molecule has 0 unspecified atom stereocenters. The van der Waals surface area contributed by atoms with Gasteiger partial charge in [-0.2, -0.15) is 0 Å². The van der Waals surface area contributed by atoms with Crippen LogP contribution in [0.4, 0.5) is 0 Å². The van der Waals surface area contributed by atoms with Crippen LogP contribution in [0, 0.1) is 5.92 Å². The number of piperazine rings is 1. The van der Waals surface area contributed by atoms with Crippen LogP contribution >= 0.6 is 0 Å². The Morgan fingerprint density at radius 2 is 1.95 bits per heavy atom. The summed E-state index contributed by atoms with van der Waals surface area (Å²) in [4.78, 5) is 7.04. The van der Waals surface area contributed by atoms with Crippen molar-refractivity contribution in [2.75, 3.05) is 26.2 Å². The second-order valence-electron chi connectivity index (χ2n) is 5.92. The van der Waals surface area contributed by atoms with Gasteiger partial charge >= 0.3 is 0 Å². The highest BCUT2D eigenvalue weighted by atomic mass is 15.2. The smallest absolute Gasteiger partial charge is 0.0392 e. The third-order valence-electron chi connectivity index (χ3n) is 4.67. The van der Waals surface area contributed by atoms with Gasteiger partial charge in [-0.3, -0.25) is 9.88 Å². The van der Waals surface area contributed by atoms with E-state index in [2.05, 4.69) is 33.5 Å². The Balaban J connectivity index is 1.81. The van der Waals surface area contributed by atoms with Crippen LogP contribution in [-0.4, -0.2) is 36.1 Å². The molecule has 0 amide bonds. The first-order valence-corrected chi connectivity index (χ1v) is 7.80. The number of hydrogen-bond donors (Lipinski definition) is 1. The highest BCUT2D eigenvalue weighted by molar-refractivity contribution is 5.16. The van der Waals surface area contributed by atoms with Gasteiger partial charge in [0.15, 0.2) is 0 Å². The van der Waals surface area contributed by atoms with Crippen molar-refractivity contribution in [2.45, 2.75) is 38.1 Å². The monoisotopic (exact) mass is 259 g/mol. The summed E-state index contributed by atoms with van der Waals surface area (Å²) in [6.07, 6.45) is 11.0. The van der Waals surface area contributed by atoms with Crippen molar-refractivity contribution >= 4 is 0 Å². The molecule has 19 heavy (non-hydrogen) atoms. The van der Waals surface area contributed by atoms with Crippen LogP contribution in [0.15, 0.2) is 24.5 Å². The van der Waals surface area contributed by atoms with Gasteiger partial charge in [-0.1, -0.05) is 25.3 Å². The zero-order valence-electron chi connectivity index (χ0n) is 11.7. The number of aromatic nitrogens is 1. The molecule has 0 spiro atoms. The molecule has 1 aliphatic carbocycles. The van der Waals surface area contributed by atoms with E-state index in [0.29, 0.717) is 6.04 Å². The molecule has 3 nitrogen and oxygen atoms in total. The van der Waals surface area contributed by atoms with Crippen molar-refractivity contribution in [1.82, 2.24) is 15.2 Å². The summed E-state index contributed by atoms with van der Waals surface area (Å²) in [6.45, 7) is 4.61. The molecule has 0 aromatic carbocycles. The molecule has 0 bridgehead atoms. The summed E-state index contributed by atoms with van der Waals surface area (Å²) in [5.74, 6) is 0.830. The Morgan fingerprint density at radius 3 is 2.63 bits per heavy atom. The lowest BCUT2D eigenvalue weighted by Crippen LogP contribution is -2.47. The van der Waals surface area contributed by atoms with E-state index in [-0.39, 0.29) is 0 Å². The average Bonchev–Trinajstić information content (AvgIpc) is 2.51. The van der Waals surface area contributed by atoms with Crippen LogP contribution in [0.3, 0.4) is 0 Å². The van der Waals surface area contributed by atoms with Gasteiger partial charge in [0.2, 0.25) is 0 Å². The molecule has 1 aromatic heterocycles. The molecular formula is C16H25N3. The average molecular weight is 259 g/mol. The number of pyridine rings is 1. The summed E-state index contributed by atoms with van der Waals surface area (Å²) in [6, 6.07) is 4.96. The second-order valence-corrected chi connectivity index (χ2v) is 5.92. The van der Waals surface area contributed by atoms with E-state index in [1.165, 1.54) is 50.8 Å². The lowest BCUT2D eigenvalue weighted by atomic mass is 9.80. The molecule has 1 aliphatic heterocycles. The fourth-order valence-corrected chi connectivity index (χ4v) is 3.74. The van der Waals surface area contributed by atoms with E-state index in [9.17, 15) is 0 Å². The molecule has 2 heterocycles. The number of nitrogens with zero attached hydrogens (tertiary/aromatic N) is 2. The largest absolute Gasteiger partial charge is 0.314 e. The molecule has 1 N–H and O–H groups in total. The SMILES string of the molecule is c1cncc([C@@H](C2CCCCC2)N2CCNCC2)c1. The van der Waals surface area contributed by atoms with Crippen LogP contribution in [0.2, 0.25) is 0 Å². The second kappa shape index (κ2) is 6.49. The third kappa shape index (κ3) is 3.15. The van der Waals surface area contributed by atoms with Crippen LogP contribution in [0.5, 0.6) is 0 Å². The van der Waals surface area contributed by atoms with E-state index < -0.39 is 0 Å². The molecule has 1 aromatic rings. The molecule has 1 saturated heterocycles. The molecule has 1 saturated carbocycles. The zero-order chi connectivity index (χ0) is 12.9. The van der Waals surface area contributed by atoms with E-state index in [4.69, 9.17) is 0 Å². The lowest BCUT2D eigenvalue weighted by Gasteiger charge is -2.41. The fraction of sp³-hybridized carbons (Fsp3) is 0.688. The highest BCUT2D eigenvalue weighted by Gasteiger charge is 2.30. The Morgan fingerprint density at radius 1 is 1.16 bits per heavy atom. The maximum Gasteiger partial charge on any atom is 0.0392 e. The van der Waals surface area contributed by atoms with Crippen molar-refractivity contribution in [3.63, 3.8) is 0 Å². The Kier molecular flexibility index (Phi) is 4.46. The first kappa shape index (κ1) is 13.1. The van der Waals surface area contributed by atoms with Crippen LogP contribution in [-0.2, 0) is 0 Å². The number of hydrogen-bond acceptors (Lipinski definition) is 3. The summed E-state index contributed by atoms with van der Waals surface area (Å²) >= 11 is 0. The summed E-state index contributed by atoms with van der Waals surface area (Å²) < 4.78 is 0. The minimum atomic E-state index is 0.594. The predicted molar refractivity (Wildman–Crippen MR) is 78.0 cm³/mol. The van der Waals surface area contributed by atoms with Crippen LogP contribution < -0.4 is 5.32 Å². The normalized spacial score (nSPS) is 24.2. The highest BCUT2D eigenvalue weighted by Crippen LogP contribution is 2.38. The van der Waals surface area contributed by atoms with E-state index in [1.807, 2.05) is 6.20 Å². The summed E-state index contributed by atoms with van der Waals surface area (Å²) in [7, 11) is 0. The van der Waals surface area contributed by atoms with E-state index >= 15 is 0 Å². The molecule has 104 valence electrons. The first-order valence-electron chi connectivity index (χ1n) is 7.80. The van der Waals surface area contributed by atoms with Gasteiger partial charge in [0.1, 0.15) is 0 Å². The number of nitrogens with one attached hydrogen (secondary N) is 1. The van der Waals surface area contributed by atoms with Crippen molar-refractivity contribution in [3.8, 4) is 0 Å². The number of rotatable bonds is 3. The molecule has 3 heteroatoms. The predicted octanol–water partition coefficient (Wildman–Crippen LogP) is 2.61. The Labute approximate surface area is 116 Å². The van der Waals surface area contributed by atoms with Gasteiger partial charge < -0.3 is 5.32 Å². The van der Waals surface area contributed by atoms with Gasteiger partial charge in [0.05, 0.1) is 0 Å². The minimum absolute atomic E-state index is 0.594. The standard InChI is InChI=1S/C16H25N3/c1-2-5-14(6-3-1)16(15-7-4-8-18-13-15)19-11-9-17-10-12-19/h4,7-8,13-14,16-17H,1-3,5-6,9-12H2/t16-/m1/s1. The van der Waals surface area contributed by atoms with Crippen molar-refractivity contribution in [3.05, 3.63) is 30.1 Å². The summed E-state index contributed by atoms with van der Waals surface area (Å²) in [5, 5.41) is 3.47. The van der Waals surface area contributed by atoms with Gasteiger partial charge in [-0.15, -0.1) is 0 Å². The molecule has 3 rings (SSSR count). The molecular weight excluding hydrogens is 234 g/mol. The fourth-order valence-electron chi connectivity index (χ4n) is 3.74. The van der Waals surface area contributed by atoms with Crippen molar-refractivity contribution in [1.29, 1.82) is 0 Å². The minimum Gasteiger partial charge on any atom is -0.314 e. The molecule has 2 fully saturated rings.